The zero-order valence-corrected chi connectivity index (χ0v) is 19.4. The Kier molecular flexibility index (Phi) is 6.10. The largest absolute Gasteiger partial charge is 0.462 e. The topological polar surface area (TPSA) is 55.4 Å². The first-order valence-corrected chi connectivity index (χ1v) is 11.4. The average molecular weight is 444 g/mol. The molecule has 5 heteroatoms. The number of hydrogen-bond donors (Lipinski definition) is 1. The third-order valence-electron chi connectivity index (χ3n) is 5.75. The molecule has 0 aliphatic carbocycles. The van der Waals surface area contributed by atoms with Gasteiger partial charge < -0.3 is 10.1 Å². The van der Waals surface area contributed by atoms with Crippen molar-refractivity contribution in [2.45, 2.75) is 27.7 Å². The quantitative estimate of drug-likeness (QED) is 0.341. The summed E-state index contributed by atoms with van der Waals surface area (Å²) in [5.74, 6) is -0.695. The standard InChI is InChI=1S/C27H25NO3S/c1-5-31-27(30)24-23(22-12-16(2)18(4)17(3)13-22)15-32-26(24)28-25(29)21-11-10-19-8-6-7-9-20(19)14-21/h6-15H,5H2,1-4H3,(H,28,29). The zero-order valence-electron chi connectivity index (χ0n) is 18.6. The lowest BCUT2D eigenvalue weighted by Gasteiger charge is -2.12. The number of ether oxygens (including phenoxy) is 1. The number of benzene rings is 3. The van der Waals surface area contributed by atoms with Crippen molar-refractivity contribution < 1.29 is 14.3 Å². The lowest BCUT2D eigenvalue weighted by Crippen LogP contribution is -2.14. The summed E-state index contributed by atoms with van der Waals surface area (Å²) in [6, 6.07) is 17.6. The molecule has 0 spiro atoms. The minimum absolute atomic E-state index is 0.258. The molecule has 32 heavy (non-hydrogen) atoms. The molecule has 3 aromatic carbocycles. The molecule has 0 radical (unpaired) electrons. The molecule has 0 aliphatic rings. The maximum Gasteiger partial charge on any atom is 0.341 e. The first-order valence-electron chi connectivity index (χ1n) is 10.6. The van der Waals surface area contributed by atoms with Gasteiger partial charge in [-0.3, -0.25) is 4.79 Å². The van der Waals surface area contributed by atoms with Crippen molar-refractivity contribution in [1.82, 2.24) is 0 Å². The molecule has 1 heterocycles. The molecular formula is C27H25NO3S. The van der Waals surface area contributed by atoms with E-state index in [9.17, 15) is 9.59 Å². The molecule has 1 N–H and O–H groups in total. The van der Waals surface area contributed by atoms with E-state index in [4.69, 9.17) is 4.74 Å². The molecule has 0 saturated heterocycles. The fraction of sp³-hybridized carbons (Fsp3) is 0.185. The maximum atomic E-state index is 13.0. The van der Waals surface area contributed by atoms with E-state index in [1.165, 1.54) is 16.9 Å². The molecule has 4 rings (SSSR count). The molecular weight excluding hydrogens is 418 g/mol. The summed E-state index contributed by atoms with van der Waals surface area (Å²) >= 11 is 1.33. The fourth-order valence-corrected chi connectivity index (χ4v) is 4.72. The first-order chi connectivity index (χ1) is 15.4. The summed E-state index contributed by atoms with van der Waals surface area (Å²) in [5.41, 5.74) is 6.19. The van der Waals surface area contributed by atoms with Gasteiger partial charge in [0.25, 0.3) is 5.91 Å². The minimum Gasteiger partial charge on any atom is -0.462 e. The summed E-state index contributed by atoms with van der Waals surface area (Å²) in [5, 5.41) is 7.40. The van der Waals surface area contributed by atoms with E-state index >= 15 is 0 Å². The molecule has 1 amide bonds. The molecule has 0 unspecified atom stereocenters. The molecule has 0 saturated carbocycles. The van der Waals surface area contributed by atoms with Crippen LogP contribution in [-0.2, 0) is 4.74 Å². The second-order valence-electron chi connectivity index (χ2n) is 7.83. The average Bonchev–Trinajstić information content (AvgIpc) is 3.20. The molecule has 4 aromatic rings. The van der Waals surface area contributed by atoms with Gasteiger partial charge in [0.2, 0.25) is 0 Å². The number of rotatable bonds is 5. The number of carbonyl (C=O) groups excluding carboxylic acids is 2. The minimum atomic E-state index is -0.437. The monoisotopic (exact) mass is 443 g/mol. The van der Waals surface area contributed by atoms with Crippen LogP contribution in [0.2, 0.25) is 0 Å². The number of anilines is 1. The Morgan fingerprint density at radius 2 is 1.62 bits per heavy atom. The van der Waals surface area contributed by atoms with Crippen LogP contribution < -0.4 is 5.32 Å². The molecule has 0 aliphatic heterocycles. The zero-order chi connectivity index (χ0) is 22.8. The first kappa shape index (κ1) is 21.8. The van der Waals surface area contributed by atoms with Gasteiger partial charge >= 0.3 is 5.97 Å². The summed E-state index contributed by atoms with van der Waals surface area (Å²) in [4.78, 5) is 25.9. The number of hydrogen-bond acceptors (Lipinski definition) is 4. The van der Waals surface area contributed by atoms with Gasteiger partial charge in [-0.25, -0.2) is 4.79 Å². The van der Waals surface area contributed by atoms with Crippen molar-refractivity contribution in [2.75, 3.05) is 11.9 Å². The van der Waals surface area contributed by atoms with E-state index in [1.807, 2.05) is 41.8 Å². The van der Waals surface area contributed by atoms with E-state index in [0.717, 1.165) is 33.0 Å². The van der Waals surface area contributed by atoms with E-state index < -0.39 is 5.97 Å². The predicted molar refractivity (Wildman–Crippen MR) is 132 cm³/mol. The van der Waals surface area contributed by atoms with Gasteiger partial charge in [-0.15, -0.1) is 11.3 Å². The summed E-state index contributed by atoms with van der Waals surface area (Å²) in [6.07, 6.45) is 0. The van der Waals surface area contributed by atoms with Crippen molar-refractivity contribution in [3.63, 3.8) is 0 Å². The summed E-state index contributed by atoms with van der Waals surface area (Å²) < 4.78 is 5.33. The summed E-state index contributed by atoms with van der Waals surface area (Å²) in [7, 11) is 0. The van der Waals surface area contributed by atoms with Crippen LogP contribution in [0, 0.1) is 20.8 Å². The van der Waals surface area contributed by atoms with E-state index in [-0.39, 0.29) is 12.5 Å². The van der Waals surface area contributed by atoms with Crippen LogP contribution in [0.4, 0.5) is 5.00 Å². The Labute approximate surface area is 191 Å². The van der Waals surface area contributed by atoms with Crippen molar-refractivity contribution >= 4 is 39.0 Å². The number of thiophene rings is 1. The number of aryl methyl sites for hydroxylation is 2. The third kappa shape index (κ3) is 4.16. The maximum absolute atomic E-state index is 13.0. The van der Waals surface area contributed by atoms with Crippen molar-refractivity contribution in [2.24, 2.45) is 0 Å². The molecule has 1 aromatic heterocycles. The van der Waals surface area contributed by atoms with Gasteiger partial charge in [-0.1, -0.05) is 42.5 Å². The third-order valence-corrected chi connectivity index (χ3v) is 6.64. The number of amides is 1. The highest BCUT2D eigenvalue weighted by Crippen LogP contribution is 2.38. The molecule has 4 nitrogen and oxygen atoms in total. The van der Waals surface area contributed by atoms with Crippen LogP contribution in [0.1, 0.15) is 44.3 Å². The molecule has 0 atom stereocenters. The van der Waals surface area contributed by atoms with E-state index in [1.54, 1.807) is 13.0 Å². The highest BCUT2D eigenvalue weighted by molar-refractivity contribution is 7.15. The lowest BCUT2D eigenvalue weighted by atomic mass is 9.96. The van der Waals surface area contributed by atoms with E-state index in [2.05, 4.69) is 38.2 Å². The SMILES string of the molecule is CCOC(=O)c1c(-c2cc(C)c(C)c(C)c2)csc1NC(=O)c1ccc2ccccc2c1. The van der Waals surface area contributed by atoms with Crippen LogP contribution >= 0.6 is 11.3 Å². The molecule has 0 bridgehead atoms. The number of esters is 1. The highest BCUT2D eigenvalue weighted by Gasteiger charge is 2.23. The van der Waals surface area contributed by atoms with Gasteiger partial charge in [-0.2, -0.15) is 0 Å². The van der Waals surface area contributed by atoms with Gasteiger partial charge in [-0.05, 0) is 72.9 Å². The number of nitrogens with one attached hydrogen (secondary N) is 1. The normalized spacial score (nSPS) is 10.9. The Bertz CT molecular complexity index is 1310. The Hall–Kier alpha value is -3.44. The second-order valence-corrected chi connectivity index (χ2v) is 8.70. The Morgan fingerprint density at radius 3 is 2.31 bits per heavy atom. The van der Waals surface area contributed by atoms with Crippen LogP contribution in [0.15, 0.2) is 60.0 Å². The number of fused-ring (bicyclic) bond motifs is 1. The predicted octanol–water partition coefficient (Wildman–Crippen LogP) is 6.92. The van der Waals surface area contributed by atoms with Gasteiger partial charge in [0.1, 0.15) is 10.6 Å². The lowest BCUT2D eigenvalue weighted by molar-refractivity contribution is 0.0529. The van der Waals surface area contributed by atoms with Crippen molar-refractivity contribution in [3.8, 4) is 11.1 Å². The van der Waals surface area contributed by atoms with Crippen molar-refractivity contribution in [1.29, 1.82) is 0 Å². The van der Waals surface area contributed by atoms with Crippen LogP contribution in [0.5, 0.6) is 0 Å². The highest BCUT2D eigenvalue weighted by atomic mass is 32.1. The second kappa shape index (κ2) is 8.97. The van der Waals surface area contributed by atoms with Crippen LogP contribution in [0.25, 0.3) is 21.9 Å². The van der Waals surface area contributed by atoms with Crippen LogP contribution in [-0.4, -0.2) is 18.5 Å². The fourth-order valence-electron chi connectivity index (χ4n) is 3.77. The Morgan fingerprint density at radius 1 is 0.938 bits per heavy atom. The molecule has 162 valence electrons. The smallest absolute Gasteiger partial charge is 0.341 e. The van der Waals surface area contributed by atoms with Gasteiger partial charge in [0.15, 0.2) is 0 Å². The van der Waals surface area contributed by atoms with Crippen LogP contribution in [0.3, 0.4) is 0 Å². The van der Waals surface area contributed by atoms with Gasteiger partial charge in [0.05, 0.1) is 6.61 Å². The van der Waals surface area contributed by atoms with E-state index in [0.29, 0.717) is 16.1 Å². The van der Waals surface area contributed by atoms with Crippen molar-refractivity contribution in [3.05, 3.63) is 87.8 Å². The molecule has 0 fully saturated rings. The van der Waals surface area contributed by atoms with Gasteiger partial charge in [0, 0.05) is 16.5 Å². The summed E-state index contributed by atoms with van der Waals surface area (Å²) in [6.45, 7) is 8.24. The Balaban J connectivity index is 1.73. The number of carbonyl (C=O) groups is 2.